The quantitative estimate of drug-likeness (QED) is 0.928. The van der Waals surface area contributed by atoms with Crippen LogP contribution in [0.2, 0.25) is 4.34 Å². The Morgan fingerprint density at radius 2 is 2.24 bits per heavy atom. The summed E-state index contributed by atoms with van der Waals surface area (Å²) in [6.45, 7) is 2.73. The normalized spacial score (nSPS) is 10.5. The standard InChI is InChI=1S/C12H14ClN3S/c1-8-6-15-12(5-10(8)14)16(2)7-9-3-4-11(13)17-9/h3-6H,7H2,1-2H3,(H2,14,15). The largest absolute Gasteiger partial charge is 0.398 e. The van der Waals surface area contributed by atoms with Crippen LogP contribution in [0.3, 0.4) is 0 Å². The molecule has 0 saturated carbocycles. The first kappa shape index (κ1) is 12.2. The number of hydrogen-bond acceptors (Lipinski definition) is 4. The summed E-state index contributed by atoms with van der Waals surface area (Å²) in [6.07, 6.45) is 1.79. The third-order valence-corrected chi connectivity index (χ3v) is 3.76. The van der Waals surface area contributed by atoms with Gasteiger partial charge in [-0.2, -0.15) is 0 Å². The molecule has 2 heterocycles. The smallest absolute Gasteiger partial charge is 0.130 e. The van der Waals surface area contributed by atoms with Crippen LogP contribution in [0, 0.1) is 6.92 Å². The maximum absolute atomic E-state index is 5.90. The second kappa shape index (κ2) is 4.94. The fourth-order valence-electron chi connectivity index (χ4n) is 1.49. The zero-order valence-corrected chi connectivity index (χ0v) is 11.3. The molecule has 2 aromatic rings. The highest BCUT2D eigenvalue weighted by molar-refractivity contribution is 7.16. The van der Waals surface area contributed by atoms with E-state index in [-0.39, 0.29) is 0 Å². The minimum Gasteiger partial charge on any atom is -0.398 e. The van der Waals surface area contributed by atoms with E-state index in [9.17, 15) is 0 Å². The summed E-state index contributed by atoms with van der Waals surface area (Å²) in [7, 11) is 1.99. The predicted molar refractivity (Wildman–Crippen MR) is 74.8 cm³/mol. The Labute approximate surface area is 110 Å². The molecule has 0 radical (unpaired) electrons. The van der Waals surface area contributed by atoms with E-state index in [0.717, 1.165) is 27.9 Å². The van der Waals surface area contributed by atoms with Crippen molar-refractivity contribution in [1.82, 2.24) is 4.98 Å². The van der Waals surface area contributed by atoms with E-state index < -0.39 is 0 Å². The summed E-state index contributed by atoms with van der Waals surface area (Å²) in [5, 5.41) is 0. The summed E-state index contributed by atoms with van der Waals surface area (Å²) < 4.78 is 0.810. The fraction of sp³-hybridized carbons (Fsp3) is 0.250. The number of nitrogen functional groups attached to an aromatic ring is 1. The van der Waals surface area contributed by atoms with Crippen LogP contribution < -0.4 is 10.6 Å². The van der Waals surface area contributed by atoms with E-state index >= 15 is 0 Å². The number of pyridine rings is 1. The van der Waals surface area contributed by atoms with Gasteiger partial charge in [-0.05, 0) is 24.6 Å². The van der Waals surface area contributed by atoms with Gasteiger partial charge in [0.2, 0.25) is 0 Å². The molecule has 0 saturated heterocycles. The van der Waals surface area contributed by atoms with Crippen LogP contribution >= 0.6 is 22.9 Å². The van der Waals surface area contributed by atoms with Gasteiger partial charge in [-0.1, -0.05) is 11.6 Å². The number of aryl methyl sites for hydroxylation is 1. The number of hydrogen-bond donors (Lipinski definition) is 1. The first-order valence-electron chi connectivity index (χ1n) is 5.24. The minimum atomic E-state index is 0.770. The van der Waals surface area contributed by atoms with Crippen molar-refractivity contribution in [3.8, 4) is 0 Å². The zero-order valence-electron chi connectivity index (χ0n) is 9.77. The highest BCUT2D eigenvalue weighted by atomic mass is 35.5. The van der Waals surface area contributed by atoms with Crippen molar-refractivity contribution in [2.75, 3.05) is 17.7 Å². The van der Waals surface area contributed by atoms with Gasteiger partial charge in [0.25, 0.3) is 0 Å². The van der Waals surface area contributed by atoms with Crippen molar-refractivity contribution in [3.05, 3.63) is 39.2 Å². The van der Waals surface area contributed by atoms with Crippen molar-refractivity contribution < 1.29 is 0 Å². The van der Waals surface area contributed by atoms with Gasteiger partial charge in [-0.25, -0.2) is 4.98 Å². The van der Waals surface area contributed by atoms with Crippen LogP contribution in [-0.4, -0.2) is 12.0 Å². The topological polar surface area (TPSA) is 42.2 Å². The lowest BCUT2D eigenvalue weighted by Crippen LogP contribution is -2.17. The van der Waals surface area contributed by atoms with Gasteiger partial charge in [0, 0.05) is 29.9 Å². The van der Waals surface area contributed by atoms with Gasteiger partial charge >= 0.3 is 0 Å². The molecule has 0 unspecified atom stereocenters. The molecule has 2 rings (SSSR count). The van der Waals surface area contributed by atoms with Crippen LogP contribution in [0.5, 0.6) is 0 Å². The summed E-state index contributed by atoms with van der Waals surface area (Å²) in [5.74, 6) is 0.873. The van der Waals surface area contributed by atoms with E-state index in [0.29, 0.717) is 0 Å². The first-order chi connectivity index (χ1) is 8.06. The van der Waals surface area contributed by atoms with Gasteiger partial charge in [0.15, 0.2) is 0 Å². The molecule has 0 amide bonds. The van der Waals surface area contributed by atoms with Crippen LogP contribution in [0.25, 0.3) is 0 Å². The molecule has 0 aliphatic rings. The third kappa shape index (κ3) is 2.90. The zero-order chi connectivity index (χ0) is 12.4. The number of nitrogens with zero attached hydrogens (tertiary/aromatic N) is 2. The lowest BCUT2D eigenvalue weighted by molar-refractivity contribution is 0.912. The molecule has 0 aromatic carbocycles. The number of halogens is 1. The molecule has 17 heavy (non-hydrogen) atoms. The molecule has 0 atom stereocenters. The molecular weight excluding hydrogens is 254 g/mol. The maximum atomic E-state index is 5.90. The Hall–Kier alpha value is -1.26. The Kier molecular flexibility index (Phi) is 3.54. The fourth-order valence-corrected chi connectivity index (χ4v) is 2.63. The molecule has 2 N–H and O–H groups in total. The first-order valence-corrected chi connectivity index (χ1v) is 6.43. The van der Waals surface area contributed by atoms with Crippen molar-refractivity contribution >= 4 is 34.4 Å². The van der Waals surface area contributed by atoms with Crippen molar-refractivity contribution in [2.45, 2.75) is 13.5 Å². The number of thiophene rings is 1. The van der Waals surface area contributed by atoms with E-state index in [1.165, 1.54) is 4.88 Å². The van der Waals surface area contributed by atoms with Crippen molar-refractivity contribution in [2.24, 2.45) is 0 Å². The van der Waals surface area contributed by atoms with Crippen molar-refractivity contribution in [1.29, 1.82) is 0 Å². The van der Waals surface area contributed by atoms with Gasteiger partial charge in [-0.15, -0.1) is 11.3 Å². The molecule has 3 nitrogen and oxygen atoms in total. The molecular formula is C12H14ClN3S. The van der Waals surface area contributed by atoms with Crippen LogP contribution in [0.1, 0.15) is 10.4 Å². The van der Waals surface area contributed by atoms with E-state index in [1.54, 1.807) is 17.5 Å². The second-order valence-electron chi connectivity index (χ2n) is 3.96. The Morgan fingerprint density at radius 3 is 2.82 bits per heavy atom. The SMILES string of the molecule is Cc1cnc(N(C)Cc2ccc(Cl)s2)cc1N. The molecule has 0 bridgehead atoms. The molecule has 0 aliphatic carbocycles. The Bertz CT molecular complexity index is 524. The van der Waals surface area contributed by atoms with Crippen LogP contribution in [-0.2, 0) is 6.54 Å². The van der Waals surface area contributed by atoms with E-state index in [1.807, 2.05) is 32.2 Å². The second-order valence-corrected chi connectivity index (χ2v) is 5.76. The summed E-state index contributed by atoms with van der Waals surface area (Å²) in [6, 6.07) is 5.83. The predicted octanol–water partition coefficient (Wildman–Crippen LogP) is 3.32. The number of rotatable bonds is 3. The van der Waals surface area contributed by atoms with E-state index in [4.69, 9.17) is 17.3 Å². The highest BCUT2D eigenvalue weighted by Gasteiger charge is 2.06. The lowest BCUT2D eigenvalue weighted by Gasteiger charge is -2.17. The van der Waals surface area contributed by atoms with Crippen LogP contribution in [0.4, 0.5) is 11.5 Å². The van der Waals surface area contributed by atoms with Gasteiger partial charge in [0.1, 0.15) is 5.82 Å². The molecule has 0 fully saturated rings. The minimum absolute atomic E-state index is 0.770. The molecule has 90 valence electrons. The summed E-state index contributed by atoms with van der Waals surface area (Å²) >= 11 is 7.48. The average molecular weight is 268 g/mol. The Morgan fingerprint density at radius 1 is 1.47 bits per heavy atom. The van der Waals surface area contributed by atoms with Crippen LogP contribution in [0.15, 0.2) is 24.4 Å². The molecule has 0 spiro atoms. The Balaban J connectivity index is 2.14. The molecule has 2 aromatic heterocycles. The van der Waals surface area contributed by atoms with E-state index in [2.05, 4.69) is 9.88 Å². The van der Waals surface area contributed by atoms with Gasteiger partial charge in [-0.3, -0.25) is 0 Å². The average Bonchev–Trinajstić information content (AvgIpc) is 2.68. The number of nitrogens with two attached hydrogens (primary N) is 1. The lowest BCUT2D eigenvalue weighted by atomic mass is 10.2. The van der Waals surface area contributed by atoms with Gasteiger partial charge in [0.05, 0.1) is 10.9 Å². The summed E-state index contributed by atoms with van der Waals surface area (Å²) in [5.41, 5.74) is 7.64. The third-order valence-electron chi connectivity index (χ3n) is 2.54. The van der Waals surface area contributed by atoms with Crippen molar-refractivity contribution in [3.63, 3.8) is 0 Å². The monoisotopic (exact) mass is 267 g/mol. The van der Waals surface area contributed by atoms with Gasteiger partial charge < -0.3 is 10.6 Å². The molecule has 0 aliphatic heterocycles. The molecule has 5 heteroatoms. The summed E-state index contributed by atoms with van der Waals surface area (Å²) in [4.78, 5) is 7.62. The maximum Gasteiger partial charge on any atom is 0.130 e. The highest BCUT2D eigenvalue weighted by Crippen LogP contribution is 2.24. The number of anilines is 2. The number of aromatic nitrogens is 1.